The maximum Gasteiger partial charge on any atom is 0.157 e. The van der Waals surface area contributed by atoms with Crippen LogP contribution in [0.1, 0.15) is 44.3 Å². The summed E-state index contributed by atoms with van der Waals surface area (Å²) < 4.78 is 38.2. The molecule has 2 heterocycles. The van der Waals surface area contributed by atoms with Crippen LogP contribution in [-0.4, -0.2) is 25.9 Å². The number of hydrogen-bond donors (Lipinski definition) is 1. The number of ether oxygens (including phenoxy) is 1. The molecule has 0 radical (unpaired) electrons. The zero-order valence-electron chi connectivity index (χ0n) is 16.2. The van der Waals surface area contributed by atoms with Crippen molar-refractivity contribution >= 4 is 6.29 Å². The Balaban J connectivity index is 2.14. The van der Waals surface area contributed by atoms with E-state index in [1.807, 2.05) is 13.8 Å². The van der Waals surface area contributed by atoms with Gasteiger partial charge in [0, 0.05) is 24.5 Å². The Labute approximate surface area is 152 Å². The molecule has 0 fully saturated rings. The number of aromatic nitrogens is 3. The fraction of sp³-hybridized carbons (Fsp3) is 0.211. The Morgan fingerprint density at radius 2 is 2.15 bits per heavy atom. The number of nitrogens with zero attached hydrogens (tertiary/aromatic N) is 3. The average Bonchev–Trinajstić information content (AvgIpc) is 3.11. The number of benzene rings is 1. The maximum atomic E-state index is 14.7. The van der Waals surface area contributed by atoms with E-state index >= 15 is 0 Å². The van der Waals surface area contributed by atoms with Crippen LogP contribution in [0.3, 0.4) is 0 Å². The quantitative estimate of drug-likeness (QED) is 0.682. The van der Waals surface area contributed by atoms with Gasteiger partial charge in [-0.3, -0.25) is 9.36 Å². The molecule has 26 heavy (non-hydrogen) atoms. The number of halogens is 1. The van der Waals surface area contributed by atoms with Crippen LogP contribution in [0, 0.1) is 5.82 Å². The number of hydrogen-bond acceptors (Lipinski definition) is 5. The van der Waals surface area contributed by atoms with Crippen LogP contribution in [-0.2, 0) is 6.56 Å². The predicted octanol–water partition coefficient (Wildman–Crippen LogP) is 3.63. The SMILES string of the molecule is [2H]C([2H])(Oc1cccc(O)c1C=O)c1c(F)ccnc1-n1ccnc1C(C)C. The lowest BCUT2D eigenvalue weighted by Crippen LogP contribution is -2.11. The standard InChI is InChI=1S/C19H18FN3O3/c1-12(2)18-22-8-9-23(18)19-14(15(20)6-7-21-19)11-26-17-5-3-4-16(25)13(17)10-24/h3-10,12,25H,11H2,1-2H3/i11D2. The first-order valence-corrected chi connectivity index (χ1v) is 7.91. The van der Waals surface area contributed by atoms with Gasteiger partial charge in [0.1, 0.15) is 35.5 Å². The summed E-state index contributed by atoms with van der Waals surface area (Å²) in [4.78, 5) is 19.6. The first kappa shape index (κ1) is 15.1. The predicted molar refractivity (Wildman–Crippen MR) is 93.2 cm³/mol. The van der Waals surface area contributed by atoms with E-state index in [-0.39, 0.29) is 28.8 Å². The van der Waals surface area contributed by atoms with E-state index < -0.39 is 17.9 Å². The Morgan fingerprint density at radius 3 is 2.88 bits per heavy atom. The van der Waals surface area contributed by atoms with Gasteiger partial charge in [0.2, 0.25) is 0 Å². The van der Waals surface area contributed by atoms with Gasteiger partial charge in [-0.2, -0.15) is 0 Å². The van der Waals surface area contributed by atoms with Crippen molar-refractivity contribution in [3.63, 3.8) is 0 Å². The van der Waals surface area contributed by atoms with Crippen molar-refractivity contribution in [3.05, 3.63) is 65.6 Å². The van der Waals surface area contributed by atoms with Crippen LogP contribution in [0.15, 0.2) is 42.9 Å². The van der Waals surface area contributed by atoms with Crippen molar-refractivity contribution in [2.24, 2.45) is 0 Å². The minimum Gasteiger partial charge on any atom is -0.507 e. The summed E-state index contributed by atoms with van der Waals surface area (Å²) in [5.74, 6) is -0.922. The lowest BCUT2D eigenvalue weighted by molar-refractivity contribution is 0.111. The number of aldehydes is 1. The summed E-state index contributed by atoms with van der Waals surface area (Å²) in [6.07, 6.45) is 4.64. The molecule has 1 N–H and O–H groups in total. The topological polar surface area (TPSA) is 77.2 Å². The van der Waals surface area contributed by atoms with Crippen molar-refractivity contribution < 1.29 is 21.8 Å². The molecular formula is C19H18FN3O3. The molecule has 1 aromatic carbocycles. The number of carbonyl (C=O) groups is 1. The van der Waals surface area contributed by atoms with Crippen molar-refractivity contribution in [2.75, 3.05) is 0 Å². The molecule has 0 spiro atoms. The molecule has 0 saturated heterocycles. The number of rotatable bonds is 6. The van der Waals surface area contributed by atoms with E-state index in [0.29, 0.717) is 12.1 Å². The van der Waals surface area contributed by atoms with E-state index in [0.717, 1.165) is 6.07 Å². The van der Waals surface area contributed by atoms with Gasteiger partial charge in [-0.25, -0.2) is 14.4 Å². The molecule has 2 aromatic heterocycles. The van der Waals surface area contributed by atoms with Crippen molar-refractivity contribution in [3.8, 4) is 17.3 Å². The van der Waals surface area contributed by atoms with E-state index in [9.17, 15) is 14.3 Å². The highest BCUT2D eigenvalue weighted by Crippen LogP contribution is 2.28. The lowest BCUT2D eigenvalue weighted by Gasteiger charge is -2.15. The summed E-state index contributed by atoms with van der Waals surface area (Å²) >= 11 is 0. The Hall–Kier alpha value is -3.22. The van der Waals surface area contributed by atoms with Crippen LogP contribution < -0.4 is 4.74 Å². The van der Waals surface area contributed by atoms with E-state index in [2.05, 4.69) is 9.97 Å². The summed E-state index contributed by atoms with van der Waals surface area (Å²) in [5.41, 5.74) is -0.683. The van der Waals surface area contributed by atoms with Crippen LogP contribution in [0.4, 0.5) is 4.39 Å². The molecule has 0 aliphatic rings. The summed E-state index contributed by atoms with van der Waals surface area (Å²) in [5, 5.41) is 9.78. The van der Waals surface area contributed by atoms with Gasteiger partial charge >= 0.3 is 0 Å². The molecule has 0 aliphatic carbocycles. The molecule has 3 aromatic rings. The number of imidazole rings is 1. The lowest BCUT2D eigenvalue weighted by atomic mass is 10.2. The smallest absolute Gasteiger partial charge is 0.157 e. The zero-order chi connectivity index (χ0) is 20.5. The van der Waals surface area contributed by atoms with Gasteiger partial charge in [0.05, 0.1) is 13.9 Å². The highest BCUT2D eigenvalue weighted by molar-refractivity contribution is 5.83. The normalized spacial score (nSPS) is 12.6. The van der Waals surface area contributed by atoms with Gasteiger partial charge in [0.25, 0.3) is 0 Å². The first-order valence-electron chi connectivity index (χ1n) is 8.91. The second-order valence-electron chi connectivity index (χ2n) is 5.81. The number of aromatic hydroxyl groups is 1. The van der Waals surface area contributed by atoms with Crippen molar-refractivity contribution in [2.45, 2.75) is 26.3 Å². The highest BCUT2D eigenvalue weighted by atomic mass is 19.1. The minimum atomic E-state index is -2.70. The van der Waals surface area contributed by atoms with Crippen molar-refractivity contribution in [1.29, 1.82) is 0 Å². The zero-order valence-corrected chi connectivity index (χ0v) is 14.2. The molecule has 6 nitrogen and oxygen atoms in total. The summed E-state index contributed by atoms with van der Waals surface area (Å²) in [6.45, 7) is 1.09. The Kier molecular flexibility index (Phi) is 4.26. The number of pyridine rings is 1. The molecular weight excluding hydrogens is 337 g/mol. The molecule has 3 rings (SSSR count). The van der Waals surface area contributed by atoms with E-state index in [4.69, 9.17) is 7.48 Å². The summed E-state index contributed by atoms with van der Waals surface area (Å²) in [7, 11) is 0. The van der Waals surface area contributed by atoms with Crippen LogP contribution in [0.5, 0.6) is 11.5 Å². The van der Waals surface area contributed by atoms with Crippen LogP contribution in [0.2, 0.25) is 0 Å². The molecule has 0 saturated carbocycles. The first-order chi connectivity index (χ1) is 13.3. The van der Waals surface area contributed by atoms with Gasteiger partial charge in [-0.15, -0.1) is 0 Å². The molecule has 0 aliphatic heterocycles. The van der Waals surface area contributed by atoms with Gasteiger partial charge in [0.15, 0.2) is 6.29 Å². The third-order valence-corrected chi connectivity index (χ3v) is 3.72. The Bertz CT molecular complexity index is 1020. The third-order valence-electron chi connectivity index (χ3n) is 3.72. The molecule has 0 bridgehead atoms. The second-order valence-corrected chi connectivity index (χ2v) is 5.81. The number of phenolic OH excluding ortho intramolecular Hbond substituents is 1. The second kappa shape index (κ2) is 7.35. The fourth-order valence-electron chi connectivity index (χ4n) is 2.47. The van der Waals surface area contributed by atoms with Gasteiger partial charge < -0.3 is 9.84 Å². The third kappa shape index (κ3) is 3.28. The molecule has 134 valence electrons. The molecule has 0 atom stereocenters. The molecule has 0 unspecified atom stereocenters. The fourth-order valence-corrected chi connectivity index (χ4v) is 2.47. The van der Waals surface area contributed by atoms with Crippen molar-refractivity contribution in [1.82, 2.24) is 14.5 Å². The highest BCUT2D eigenvalue weighted by Gasteiger charge is 2.18. The number of carbonyl (C=O) groups excluding carboxylic acids is 1. The monoisotopic (exact) mass is 357 g/mol. The summed E-state index contributed by atoms with van der Waals surface area (Å²) in [6, 6.07) is 4.99. The minimum absolute atomic E-state index is 0.0148. The largest absolute Gasteiger partial charge is 0.507 e. The maximum absolute atomic E-state index is 14.7. The number of phenols is 1. The van der Waals surface area contributed by atoms with E-state index in [1.165, 1.54) is 35.2 Å². The molecule has 7 heteroatoms. The Morgan fingerprint density at radius 1 is 1.35 bits per heavy atom. The van der Waals surface area contributed by atoms with E-state index in [1.54, 1.807) is 6.20 Å². The van der Waals surface area contributed by atoms with Crippen LogP contribution in [0.25, 0.3) is 5.82 Å². The van der Waals surface area contributed by atoms with Gasteiger partial charge in [-0.1, -0.05) is 19.9 Å². The van der Waals surface area contributed by atoms with Gasteiger partial charge in [-0.05, 0) is 18.2 Å². The average molecular weight is 357 g/mol. The van der Waals surface area contributed by atoms with Crippen LogP contribution >= 0.6 is 0 Å². The molecule has 0 amide bonds.